The van der Waals surface area contributed by atoms with Crippen LogP contribution in [-0.2, 0) is 16.1 Å². The monoisotopic (exact) mass is 394 g/mol. The number of para-hydroxylation sites is 1. The van der Waals surface area contributed by atoms with Crippen LogP contribution in [0.2, 0.25) is 10.0 Å². The minimum absolute atomic E-state index is 0.0703. The molecule has 0 fully saturated rings. The van der Waals surface area contributed by atoms with Crippen molar-refractivity contribution in [1.29, 1.82) is 0 Å². The maximum atomic E-state index is 12.0. The van der Waals surface area contributed by atoms with Gasteiger partial charge in [0.1, 0.15) is 18.2 Å². The van der Waals surface area contributed by atoms with Gasteiger partial charge in [-0.1, -0.05) is 35.3 Å². The van der Waals surface area contributed by atoms with Gasteiger partial charge in [0.25, 0.3) is 5.91 Å². The molecular weight excluding hydrogens is 383 g/mol. The molecule has 0 radical (unpaired) electrons. The van der Waals surface area contributed by atoms with E-state index < -0.39 is 11.9 Å². The highest BCUT2D eigenvalue weighted by molar-refractivity contribution is 7.18. The first-order valence-corrected chi connectivity index (χ1v) is 8.83. The molecule has 0 aliphatic heterocycles. The van der Waals surface area contributed by atoms with Crippen LogP contribution in [0, 0.1) is 0 Å². The molecule has 0 bridgehead atoms. The van der Waals surface area contributed by atoms with Crippen molar-refractivity contribution in [3.05, 3.63) is 63.1 Å². The Labute approximate surface area is 157 Å². The Balaban J connectivity index is 1.50. The molecule has 128 valence electrons. The lowest BCUT2D eigenvalue weighted by molar-refractivity contribution is -0.143. The van der Waals surface area contributed by atoms with E-state index in [4.69, 9.17) is 27.9 Å². The van der Waals surface area contributed by atoms with Crippen molar-refractivity contribution in [2.24, 2.45) is 0 Å². The minimum atomic E-state index is -0.548. The number of amides is 1. The fraction of sp³-hybridized carbons (Fsp3) is 0.118. The fourth-order valence-electron chi connectivity index (χ4n) is 2.07. The summed E-state index contributed by atoms with van der Waals surface area (Å²) in [7, 11) is 0. The van der Waals surface area contributed by atoms with Gasteiger partial charge in [-0.25, -0.2) is 4.98 Å². The molecule has 0 atom stereocenters. The van der Waals surface area contributed by atoms with E-state index in [0.29, 0.717) is 15.6 Å². The van der Waals surface area contributed by atoms with E-state index in [-0.39, 0.29) is 18.2 Å². The summed E-state index contributed by atoms with van der Waals surface area (Å²) in [5, 5.41) is 3.80. The predicted octanol–water partition coefficient (Wildman–Crippen LogP) is 4.08. The quantitative estimate of drug-likeness (QED) is 0.662. The number of ether oxygens (including phenoxy) is 1. The largest absolute Gasteiger partial charge is 0.457 e. The second-order valence-electron chi connectivity index (χ2n) is 5.05. The van der Waals surface area contributed by atoms with E-state index in [1.807, 2.05) is 24.3 Å². The second-order valence-corrected chi connectivity index (χ2v) is 6.98. The maximum Gasteiger partial charge on any atom is 0.325 e. The summed E-state index contributed by atoms with van der Waals surface area (Å²) in [5.74, 6) is -0.983. The summed E-state index contributed by atoms with van der Waals surface area (Å²) in [6, 6.07) is 12.2. The zero-order valence-electron chi connectivity index (χ0n) is 12.8. The van der Waals surface area contributed by atoms with Crippen molar-refractivity contribution in [2.75, 3.05) is 6.54 Å². The van der Waals surface area contributed by atoms with Gasteiger partial charge >= 0.3 is 5.97 Å². The van der Waals surface area contributed by atoms with Gasteiger partial charge in [0, 0.05) is 5.56 Å². The number of carbonyl (C=O) groups excluding carboxylic acids is 2. The lowest BCUT2D eigenvalue weighted by atomic mass is 10.2. The van der Waals surface area contributed by atoms with E-state index in [2.05, 4.69) is 10.3 Å². The molecule has 2 aromatic carbocycles. The summed E-state index contributed by atoms with van der Waals surface area (Å²) in [4.78, 5) is 28.1. The SMILES string of the molecule is O=C(CNC(=O)c1ccc(Cl)c(Cl)c1)OCc1nc2ccccc2s1. The number of hydrogen-bond donors (Lipinski definition) is 1. The summed E-state index contributed by atoms with van der Waals surface area (Å²) in [6.45, 7) is -0.176. The molecule has 0 aliphatic carbocycles. The van der Waals surface area contributed by atoms with Crippen LogP contribution in [-0.4, -0.2) is 23.4 Å². The first-order valence-electron chi connectivity index (χ1n) is 7.26. The van der Waals surface area contributed by atoms with Gasteiger partial charge in [0.05, 0.1) is 20.3 Å². The molecule has 0 saturated heterocycles. The molecule has 1 N–H and O–H groups in total. The van der Waals surface area contributed by atoms with E-state index in [1.54, 1.807) is 0 Å². The smallest absolute Gasteiger partial charge is 0.325 e. The number of aromatic nitrogens is 1. The van der Waals surface area contributed by atoms with Crippen LogP contribution >= 0.6 is 34.5 Å². The second kappa shape index (κ2) is 7.82. The molecule has 8 heteroatoms. The van der Waals surface area contributed by atoms with Gasteiger partial charge in [0.2, 0.25) is 0 Å². The number of halogens is 2. The van der Waals surface area contributed by atoms with E-state index in [0.717, 1.165) is 10.2 Å². The number of nitrogens with zero attached hydrogens (tertiary/aromatic N) is 1. The number of rotatable bonds is 5. The van der Waals surface area contributed by atoms with Crippen LogP contribution in [0.5, 0.6) is 0 Å². The molecule has 0 spiro atoms. The van der Waals surface area contributed by atoms with Crippen molar-refractivity contribution in [2.45, 2.75) is 6.61 Å². The summed E-state index contributed by atoms with van der Waals surface area (Å²) >= 11 is 13.1. The zero-order valence-corrected chi connectivity index (χ0v) is 15.1. The Morgan fingerprint density at radius 3 is 2.68 bits per heavy atom. The Hall–Kier alpha value is -2.15. The third kappa shape index (κ3) is 4.48. The highest BCUT2D eigenvalue weighted by atomic mass is 35.5. The van der Waals surface area contributed by atoms with Gasteiger partial charge in [-0.3, -0.25) is 9.59 Å². The van der Waals surface area contributed by atoms with E-state index in [1.165, 1.54) is 29.5 Å². The number of esters is 1. The molecule has 3 rings (SSSR count). The number of fused-ring (bicyclic) bond motifs is 1. The molecule has 0 saturated carbocycles. The molecule has 25 heavy (non-hydrogen) atoms. The third-order valence-corrected chi connectivity index (χ3v) is 5.02. The Bertz CT molecular complexity index is 910. The van der Waals surface area contributed by atoms with Crippen LogP contribution in [0.3, 0.4) is 0 Å². The fourth-order valence-corrected chi connectivity index (χ4v) is 3.25. The predicted molar refractivity (Wildman–Crippen MR) is 98.2 cm³/mol. The van der Waals surface area contributed by atoms with Crippen LogP contribution in [0.25, 0.3) is 10.2 Å². The third-order valence-electron chi connectivity index (χ3n) is 3.27. The number of hydrogen-bond acceptors (Lipinski definition) is 5. The number of thiazole rings is 1. The Morgan fingerprint density at radius 1 is 1.12 bits per heavy atom. The minimum Gasteiger partial charge on any atom is -0.457 e. The highest BCUT2D eigenvalue weighted by Gasteiger charge is 2.11. The van der Waals surface area contributed by atoms with E-state index >= 15 is 0 Å². The van der Waals surface area contributed by atoms with Crippen molar-refractivity contribution in [3.63, 3.8) is 0 Å². The molecule has 1 aromatic heterocycles. The lowest BCUT2D eigenvalue weighted by Crippen LogP contribution is -2.30. The number of benzene rings is 2. The number of nitrogens with one attached hydrogen (secondary N) is 1. The van der Waals surface area contributed by atoms with Crippen LogP contribution in [0.1, 0.15) is 15.4 Å². The highest BCUT2D eigenvalue weighted by Crippen LogP contribution is 2.23. The summed E-state index contributed by atoms with van der Waals surface area (Å²) < 4.78 is 6.16. The van der Waals surface area contributed by atoms with Crippen LogP contribution in [0.4, 0.5) is 0 Å². The molecule has 3 aromatic rings. The standard InChI is InChI=1S/C17H12Cl2N2O3S/c18-11-6-5-10(7-12(11)19)17(23)20-8-16(22)24-9-15-21-13-3-1-2-4-14(13)25-15/h1-7H,8-9H2,(H,20,23). The maximum absolute atomic E-state index is 12.0. The van der Waals surface area contributed by atoms with Gasteiger partial charge in [-0.2, -0.15) is 0 Å². The Kier molecular flexibility index (Phi) is 5.53. The first-order chi connectivity index (χ1) is 12.0. The number of carbonyl (C=O) groups is 2. The van der Waals surface area contributed by atoms with Gasteiger partial charge in [0.15, 0.2) is 0 Å². The normalized spacial score (nSPS) is 10.6. The molecule has 1 amide bonds. The molecule has 1 heterocycles. The summed E-state index contributed by atoms with van der Waals surface area (Å²) in [5.41, 5.74) is 1.18. The van der Waals surface area contributed by atoms with Crippen molar-refractivity contribution < 1.29 is 14.3 Å². The average Bonchev–Trinajstić information content (AvgIpc) is 3.03. The van der Waals surface area contributed by atoms with Gasteiger partial charge in [-0.15, -0.1) is 11.3 Å². The lowest BCUT2D eigenvalue weighted by Gasteiger charge is -2.06. The van der Waals surface area contributed by atoms with Gasteiger partial charge in [-0.05, 0) is 30.3 Å². The molecule has 0 unspecified atom stereocenters. The molecule has 5 nitrogen and oxygen atoms in total. The van der Waals surface area contributed by atoms with E-state index in [9.17, 15) is 9.59 Å². The van der Waals surface area contributed by atoms with Crippen molar-refractivity contribution in [1.82, 2.24) is 10.3 Å². The molecular formula is C17H12Cl2N2O3S. The zero-order chi connectivity index (χ0) is 17.8. The summed E-state index contributed by atoms with van der Waals surface area (Å²) in [6.07, 6.45) is 0. The molecule has 0 aliphatic rings. The van der Waals surface area contributed by atoms with Crippen LogP contribution in [0.15, 0.2) is 42.5 Å². The van der Waals surface area contributed by atoms with Crippen molar-refractivity contribution >= 4 is 56.6 Å². The average molecular weight is 395 g/mol. The Morgan fingerprint density at radius 2 is 1.92 bits per heavy atom. The topological polar surface area (TPSA) is 68.3 Å². The van der Waals surface area contributed by atoms with Gasteiger partial charge < -0.3 is 10.1 Å². The van der Waals surface area contributed by atoms with Crippen LogP contribution < -0.4 is 5.32 Å². The van der Waals surface area contributed by atoms with Crippen molar-refractivity contribution in [3.8, 4) is 0 Å². The first kappa shape index (κ1) is 17.7.